The molecule has 0 aliphatic heterocycles. The highest BCUT2D eigenvalue weighted by atomic mass is 16.5. The molecule has 0 saturated heterocycles. The normalized spacial score (nSPS) is 13.8. The number of rotatable bonds is 5. The molecule has 0 N–H and O–H groups in total. The number of hydrogen-bond donors (Lipinski definition) is 0. The fraction of sp³-hybridized carbons (Fsp3) is 0.353. The van der Waals surface area contributed by atoms with Gasteiger partial charge in [-0.15, -0.1) is 0 Å². The largest absolute Gasteiger partial charge is 0.497 e. The second-order valence-corrected chi connectivity index (χ2v) is 4.86. The lowest BCUT2D eigenvalue weighted by atomic mass is 9.82. The molecule has 1 aromatic heterocycles. The van der Waals surface area contributed by atoms with Gasteiger partial charge in [-0.25, -0.2) is 0 Å². The van der Waals surface area contributed by atoms with E-state index in [4.69, 9.17) is 4.74 Å². The zero-order valence-corrected chi connectivity index (χ0v) is 11.8. The smallest absolute Gasteiger partial charge is 0.118 e. The molecule has 2 atom stereocenters. The topological polar surface area (TPSA) is 22.1 Å². The maximum absolute atomic E-state index is 5.21. The van der Waals surface area contributed by atoms with Gasteiger partial charge in [-0.3, -0.25) is 4.98 Å². The van der Waals surface area contributed by atoms with Gasteiger partial charge in [0.05, 0.1) is 7.11 Å². The van der Waals surface area contributed by atoms with Crippen molar-refractivity contribution in [3.63, 3.8) is 0 Å². The Kier molecular flexibility index (Phi) is 4.56. The first kappa shape index (κ1) is 13.6. The highest BCUT2D eigenvalue weighted by molar-refractivity contribution is 5.32. The van der Waals surface area contributed by atoms with Crippen LogP contribution < -0.4 is 4.74 Å². The Morgan fingerprint density at radius 1 is 1.11 bits per heavy atom. The molecule has 1 aromatic carbocycles. The number of methoxy groups -OCH3 is 1. The van der Waals surface area contributed by atoms with Crippen LogP contribution in [0.15, 0.2) is 48.8 Å². The number of benzene rings is 1. The van der Waals surface area contributed by atoms with E-state index in [1.54, 1.807) is 7.11 Å². The standard InChI is InChI=1S/C17H21NO/c1-4-17(15-6-5-11-18-12-15)13(2)14-7-9-16(19-3)10-8-14/h5-13,17H,4H2,1-3H3. The molecule has 2 heteroatoms. The summed E-state index contributed by atoms with van der Waals surface area (Å²) in [6.45, 7) is 4.51. The zero-order chi connectivity index (χ0) is 13.7. The summed E-state index contributed by atoms with van der Waals surface area (Å²) in [5.74, 6) is 1.88. The van der Waals surface area contributed by atoms with E-state index in [2.05, 4.69) is 37.0 Å². The monoisotopic (exact) mass is 255 g/mol. The van der Waals surface area contributed by atoms with Crippen molar-refractivity contribution in [1.29, 1.82) is 0 Å². The van der Waals surface area contributed by atoms with Crippen LogP contribution in [0.25, 0.3) is 0 Å². The van der Waals surface area contributed by atoms with Crippen molar-refractivity contribution in [3.8, 4) is 5.75 Å². The van der Waals surface area contributed by atoms with Gasteiger partial charge in [-0.05, 0) is 47.6 Å². The van der Waals surface area contributed by atoms with Crippen LogP contribution >= 0.6 is 0 Å². The van der Waals surface area contributed by atoms with E-state index in [0.29, 0.717) is 11.8 Å². The van der Waals surface area contributed by atoms with Gasteiger partial charge in [0, 0.05) is 12.4 Å². The van der Waals surface area contributed by atoms with Crippen LogP contribution in [0.3, 0.4) is 0 Å². The maximum Gasteiger partial charge on any atom is 0.118 e. The summed E-state index contributed by atoms with van der Waals surface area (Å²) < 4.78 is 5.21. The molecule has 0 bridgehead atoms. The van der Waals surface area contributed by atoms with Crippen LogP contribution in [-0.4, -0.2) is 12.1 Å². The molecule has 19 heavy (non-hydrogen) atoms. The molecular formula is C17H21NO. The first-order valence-corrected chi connectivity index (χ1v) is 6.80. The van der Waals surface area contributed by atoms with E-state index < -0.39 is 0 Å². The first-order chi connectivity index (χ1) is 9.26. The predicted octanol–water partition coefficient (Wildman–Crippen LogP) is 4.39. The van der Waals surface area contributed by atoms with Crippen molar-refractivity contribution in [1.82, 2.24) is 4.98 Å². The molecule has 2 aromatic rings. The van der Waals surface area contributed by atoms with Crippen molar-refractivity contribution in [2.45, 2.75) is 32.1 Å². The Bertz CT molecular complexity index is 492. The molecule has 2 rings (SSSR count). The Morgan fingerprint density at radius 2 is 1.84 bits per heavy atom. The lowest BCUT2D eigenvalue weighted by Gasteiger charge is -2.23. The quantitative estimate of drug-likeness (QED) is 0.790. The zero-order valence-electron chi connectivity index (χ0n) is 11.8. The summed E-state index contributed by atoms with van der Waals surface area (Å²) in [7, 11) is 1.70. The summed E-state index contributed by atoms with van der Waals surface area (Å²) >= 11 is 0. The van der Waals surface area contributed by atoms with Gasteiger partial charge in [0.1, 0.15) is 5.75 Å². The molecule has 0 radical (unpaired) electrons. The third-order valence-electron chi connectivity index (χ3n) is 3.80. The lowest BCUT2D eigenvalue weighted by molar-refractivity contribution is 0.414. The van der Waals surface area contributed by atoms with Crippen LogP contribution in [-0.2, 0) is 0 Å². The molecule has 0 saturated carbocycles. The van der Waals surface area contributed by atoms with Gasteiger partial charge in [-0.1, -0.05) is 32.0 Å². The molecule has 0 amide bonds. The van der Waals surface area contributed by atoms with Gasteiger partial charge in [-0.2, -0.15) is 0 Å². The fourth-order valence-electron chi connectivity index (χ4n) is 2.61. The summed E-state index contributed by atoms with van der Waals surface area (Å²) in [4.78, 5) is 4.24. The minimum Gasteiger partial charge on any atom is -0.497 e. The summed E-state index contributed by atoms with van der Waals surface area (Å²) in [6.07, 6.45) is 4.92. The number of aromatic nitrogens is 1. The number of ether oxygens (including phenoxy) is 1. The Hall–Kier alpha value is -1.83. The van der Waals surface area contributed by atoms with Crippen molar-refractivity contribution < 1.29 is 4.74 Å². The average molecular weight is 255 g/mol. The summed E-state index contributed by atoms with van der Waals surface area (Å²) in [6, 6.07) is 12.6. The van der Waals surface area contributed by atoms with E-state index in [-0.39, 0.29) is 0 Å². The molecule has 2 unspecified atom stereocenters. The van der Waals surface area contributed by atoms with Crippen LogP contribution in [0.2, 0.25) is 0 Å². The van der Waals surface area contributed by atoms with E-state index >= 15 is 0 Å². The fourth-order valence-corrected chi connectivity index (χ4v) is 2.61. The number of hydrogen-bond acceptors (Lipinski definition) is 2. The van der Waals surface area contributed by atoms with Crippen LogP contribution in [0.5, 0.6) is 5.75 Å². The number of nitrogens with zero attached hydrogens (tertiary/aromatic N) is 1. The summed E-state index contributed by atoms with van der Waals surface area (Å²) in [5.41, 5.74) is 2.66. The van der Waals surface area contributed by atoms with Crippen molar-refractivity contribution in [2.24, 2.45) is 0 Å². The van der Waals surface area contributed by atoms with E-state index in [1.807, 2.05) is 30.6 Å². The maximum atomic E-state index is 5.21. The minimum atomic E-state index is 0.472. The Balaban J connectivity index is 2.22. The van der Waals surface area contributed by atoms with Crippen LogP contribution in [0.4, 0.5) is 0 Å². The summed E-state index contributed by atoms with van der Waals surface area (Å²) in [5, 5.41) is 0. The van der Waals surface area contributed by atoms with Crippen molar-refractivity contribution in [2.75, 3.05) is 7.11 Å². The van der Waals surface area contributed by atoms with Crippen molar-refractivity contribution >= 4 is 0 Å². The van der Waals surface area contributed by atoms with Gasteiger partial charge < -0.3 is 4.74 Å². The third-order valence-corrected chi connectivity index (χ3v) is 3.80. The minimum absolute atomic E-state index is 0.472. The molecule has 0 spiro atoms. The molecule has 0 fully saturated rings. The molecule has 0 aliphatic carbocycles. The average Bonchev–Trinajstić information content (AvgIpc) is 2.49. The van der Waals surface area contributed by atoms with Gasteiger partial charge in [0.25, 0.3) is 0 Å². The predicted molar refractivity (Wildman–Crippen MR) is 78.7 cm³/mol. The van der Waals surface area contributed by atoms with Crippen LogP contribution in [0, 0.1) is 0 Å². The third kappa shape index (κ3) is 3.14. The molecule has 100 valence electrons. The molecular weight excluding hydrogens is 234 g/mol. The van der Waals surface area contributed by atoms with Crippen LogP contribution in [0.1, 0.15) is 43.2 Å². The lowest BCUT2D eigenvalue weighted by Crippen LogP contribution is -2.08. The SMILES string of the molecule is CCC(c1cccnc1)C(C)c1ccc(OC)cc1. The highest BCUT2D eigenvalue weighted by Gasteiger charge is 2.19. The van der Waals surface area contributed by atoms with E-state index in [0.717, 1.165) is 12.2 Å². The number of pyridine rings is 1. The second kappa shape index (κ2) is 6.37. The molecule has 2 nitrogen and oxygen atoms in total. The van der Waals surface area contributed by atoms with Gasteiger partial charge >= 0.3 is 0 Å². The first-order valence-electron chi connectivity index (χ1n) is 6.80. The van der Waals surface area contributed by atoms with Crippen molar-refractivity contribution in [3.05, 3.63) is 59.9 Å². The van der Waals surface area contributed by atoms with E-state index in [9.17, 15) is 0 Å². The van der Waals surface area contributed by atoms with E-state index in [1.165, 1.54) is 11.1 Å². The molecule has 0 aliphatic rings. The second-order valence-electron chi connectivity index (χ2n) is 4.86. The molecule has 1 heterocycles. The Morgan fingerprint density at radius 3 is 2.37 bits per heavy atom. The Labute approximate surface area is 115 Å². The highest BCUT2D eigenvalue weighted by Crippen LogP contribution is 2.35. The van der Waals surface area contributed by atoms with Gasteiger partial charge in [0.2, 0.25) is 0 Å². The van der Waals surface area contributed by atoms with Gasteiger partial charge in [0.15, 0.2) is 0 Å².